The fourth-order valence-electron chi connectivity index (χ4n) is 4.66. The van der Waals surface area contributed by atoms with Crippen LogP contribution in [0.4, 0.5) is 0 Å². The van der Waals surface area contributed by atoms with E-state index in [4.69, 9.17) is 4.98 Å². The molecule has 2 amide bonds. The molecule has 1 aliphatic rings. The van der Waals surface area contributed by atoms with E-state index < -0.39 is 11.2 Å². The molecule has 2 aromatic heterocycles. The van der Waals surface area contributed by atoms with E-state index in [1.54, 1.807) is 0 Å². The minimum absolute atomic E-state index is 0.0214. The van der Waals surface area contributed by atoms with Crippen molar-refractivity contribution in [2.24, 2.45) is 11.8 Å². The number of aromatic nitrogens is 4. The van der Waals surface area contributed by atoms with Crippen LogP contribution in [0.5, 0.6) is 0 Å². The average molecular weight is 489 g/mol. The van der Waals surface area contributed by atoms with Crippen molar-refractivity contribution in [1.29, 1.82) is 0 Å². The van der Waals surface area contributed by atoms with Crippen LogP contribution in [-0.4, -0.2) is 54.9 Å². The molecule has 3 heterocycles. The highest BCUT2D eigenvalue weighted by atomic mass is 16.2. The fourth-order valence-corrected chi connectivity index (χ4v) is 4.66. The number of aromatic amines is 1. The molecule has 2 aromatic rings. The summed E-state index contributed by atoms with van der Waals surface area (Å²) in [4.78, 5) is 59.4. The standard InChI is InChI=1S/C25H40N6O4/c1-6-7-12-30-22-21(24(34)28-25(30)35)31(15-16(2)3)19(27-22)8-9-20(32)29-13-10-18(11-14-29)23(33)26-17(4)5/h16-18H,6-15H2,1-5H3,(H,26,33)(H,28,34,35). The van der Waals surface area contributed by atoms with Gasteiger partial charge in [0.25, 0.3) is 5.56 Å². The van der Waals surface area contributed by atoms with Crippen molar-refractivity contribution in [3.8, 4) is 0 Å². The summed E-state index contributed by atoms with van der Waals surface area (Å²) < 4.78 is 3.41. The molecule has 0 saturated carbocycles. The Balaban J connectivity index is 1.77. The minimum atomic E-state index is -0.447. The molecule has 0 unspecified atom stereocenters. The molecule has 1 saturated heterocycles. The second kappa shape index (κ2) is 11.7. The van der Waals surface area contributed by atoms with E-state index >= 15 is 0 Å². The van der Waals surface area contributed by atoms with Crippen molar-refractivity contribution < 1.29 is 9.59 Å². The molecular formula is C25H40N6O4. The molecule has 3 rings (SSSR count). The smallest absolute Gasteiger partial charge is 0.330 e. The van der Waals surface area contributed by atoms with Crippen LogP contribution < -0.4 is 16.6 Å². The van der Waals surface area contributed by atoms with Crippen molar-refractivity contribution in [1.82, 2.24) is 29.3 Å². The number of nitrogens with one attached hydrogen (secondary N) is 2. The zero-order chi connectivity index (χ0) is 25.7. The molecule has 194 valence electrons. The number of rotatable bonds is 10. The van der Waals surface area contributed by atoms with Gasteiger partial charge in [-0.25, -0.2) is 9.78 Å². The summed E-state index contributed by atoms with van der Waals surface area (Å²) in [6.45, 7) is 12.2. The molecule has 35 heavy (non-hydrogen) atoms. The summed E-state index contributed by atoms with van der Waals surface area (Å²) in [7, 11) is 0. The first-order valence-electron chi connectivity index (χ1n) is 12.9. The maximum Gasteiger partial charge on any atom is 0.330 e. The molecule has 10 heteroatoms. The second-order valence-electron chi connectivity index (χ2n) is 10.3. The lowest BCUT2D eigenvalue weighted by atomic mass is 9.95. The molecule has 1 fully saturated rings. The van der Waals surface area contributed by atoms with Gasteiger partial charge in [-0.15, -0.1) is 0 Å². The van der Waals surface area contributed by atoms with Crippen LogP contribution in [0.15, 0.2) is 9.59 Å². The Morgan fingerprint density at radius 3 is 2.40 bits per heavy atom. The van der Waals surface area contributed by atoms with Crippen LogP contribution in [0.2, 0.25) is 0 Å². The number of amides is 2. The van der Waals surface area contributed by atoms with Gasteiger partial charge in [-0.3, -0.25) is 23.9 Å². The number of hydrogen-bond acceptors (Lipinski definition) is 5. The van der Waals surface area contributed by atoms with E-state index in [9.17, 15) is 19.2 Å². The van der Waals surface area contributed by atoms with Crippen molar-refractivity contribution in [3.63, 3.8) is 0 Å². The summed E-state index contributed by atoms with van der Waals surface area (Å²) >= 11 is 0. The van der Waals surface area contributed by atoms with Gasteiger partial charge in [-0.2, -0.15) is 0 Å². The van der Waals surface area contributed by atoms with E-state index in [2.05, 4.69) is 24.1 Å². The van der Waals surface area contributed by atoms with Crippen molar-refractivity contribution in [2.45, 2.75) is 92.3 Å². The lowest BCUT2D eigenvalue weighted by molar-refractivity contribution is -0.135. The number of carbonyl (C=O) groups excluding carboxylic acids is 2. The predicted octanol–water partition coefficient (Wildman–Crippen LogP) is 2.04. The normalized spacial score (nSPS) is 14.9. The molecule has 0 radical (unpaired) electrons. The van der Waals surface area contributed by atoms with Gasteiger partial charge in [0.1, 0.15) is 5.82 Å². The number of unbranched alkanes of at least 4 members (excludes halogenated alkanes) is 1. The van der Waals surface area contributed by atoms with Gasteiger partial charge < -0.3 is 14.8 Å². The van der Waals surface area contributed by atoms with Crippen LogP contribution in [0.25, 0.3) is 11.2 Å². The molecule has 2 N–H and O–H groups in total. The number of hydrogen-bond donors (Lipinski definition) is 2. The number of fused-ring (bicyclic) bond motifs is 1. The highest BCUT2D eigenvalue weighted by Gasteiger charge is 2.28. The zero-order valence-corrected chi connectivity index (χ0v) is 21.7. The summed E-state index contributed by atoms with van der Waals surface area (Å²) in [6, 6.07) is 0.109. The Hall–Kier alpha value is -2.91. The van der Waals surface area contributed by atoms with Gasteiger partial charge in [-0.1, -0.05) is 27.2 Å². The summed E-state index contributed by atoms with van der Waals surface area (Å²) in [5, 5.41) is 2.96. The third-order valence-electron chi connectivity index (χ3n) is 6.46. The largest absolute Gasteiger partial charge is 0.354 e. The maximum absolute atomic E-state index is 13.0. The van der Waals surface area contributed by atoms with Crippen LogP contribution in [0, 0.1) is 11.8 Å². The SMILES string of the molecule is CCCCn1c(=O)[nH]c(=O)c2c1nc(CCC(=O)N1CCC(C(=O)NC(C)C)CC1)n2CC(C)C. The van der Waals surface area contributed by atoms with Crippen molar-refractivity contribution in [3.05, 3.63) is 26.7 Å². The summed E-state index contributed by atoms with van der Waals surface area (Å²) in [5.41, 5.74) is -0.0940. The number of likely N-dealkylation sites (tertiary alicyclic amines) is 1. The van der Waals surface area contributed by atoms with Crippen LogP contribution in [0.3, 0.4) is 0 Å². The lowest BCUT2D eigenvalue weighted by Crippen LogP contribution is -2.44. The molecule has 1 aliphatic heterocycles. The molecule has 0 bridgehead atoms. The van der Waals surface area contributed by atoms with Gasteiger partial charge in [-0.05, 0) is 39.0 Å². The summed E-state index contributed by atoms with van der Waals surface area (Å²) in [6.07, 6.45) is 3.69. The van der Waals surface area contributed by atoms with Crippen molar-refractivity contribution >= 4 is 23.0 Å². The highest BCUT2D eigenvalue weighted by Crippen LogP contribution is 2.20. The number of piperidine rings is 1. The Labute approximate surface area is 206 Å². The van der Waals surface area contributed by atoms with Gasteiger partial charge in [0, 0.05) is 51.0 Å². The number of H-pyrrole nitrogens is 1. The zero-order valence-electron chi connectivity index (χ0n) is 21.7. The van der Waals surface area contributed by atoms with E-state index in [1.807, 2.05) is 30.2 Å². The van der Waals surface area contributed by atoms with Gasteiger partial charge >= 0.3 is 5.69 Å². The Bertz CT molecular complexity index is 1150. The number of aryl methyl sites for hydroxylation is 2. The molecule has 0 atom stereocenters. The minimum Gasteiger partial charge on any atom is -0.354 e. The molecular weight excluding hydrogens is 448 g/mol. The first-order chi connectivity index (χ1) is 16.6. The molecule has 0 aliphatic carbocycles. The number of imidazole rings is 1. The van der Waals surface area contributed by atoms with E-state index in [0.717, 1.165) is 12.8 Å². The quantitative estimate of drug-likeness (QED) is 0.530. The maximum atomic E-state index is 13.0. The fraction of sp³-hybridized carbons (Fsp3) is 0.720. The average Bonchev–Trinajstić information content (AvgIpc) is 3.14. The van der Waals surface area contributed by atoms with Gasteiger partial charge in [0.2, 0.25) is 11.8 Å². The van der Waals surface area contributed by atoms with Crippen LogP contribution in [0.1, 0.15) is 72.5 Å². The van der Waals surface area contributed by atoms with Gasteiger partial charge in [0.15, 0.2) is 11.2 Å². The Kier molecular flexibility index (Phi) is 8.91. The first-order valence-corrected chi connectivity index (χ1v) is 12.9. The Morgan fingerprint density at radius 2 is 1.80 bits per heavy atom. The van der Waals surface area contributed by atoms with E-state index in [-0.39, 0.29) is 36.1 Å². The lowest BCUT2D eigenvalue weighted by Gasteiger charge is -2.31. The third kappa shape index (κ3) is 6.41. The second-order valence-corrected chi connectivity index (χ2v) is 10.3. The molecule has 10 nitrogen and oxygen atoms in total. The van der Waals surface area contributed by atoms with E-state index in [0.29, 0.717) is 62.4 Å². The third-order valence-corrected chi connectivity index (χ3v) is 6.46. The molecule has 0 spiro atoms. The predicted molar refractivity (Wildman–Crippen MR) is 135 cm³/mol. The van der Waals surface area contributed by atoms with Crippen LogP contribution >= 0.6 is 0 Å². The Morgan fingerprint density at radius 1 is 1.11 bits per heavy atom. The number of nitrogens with zero attached hydrogens (tertiary/aromatic N) is 4. The summed E-state index contributed by atoms with van der Waals surface area (Å²) in [5.74, 6) is 0.938. The van der Waals surface area contributed by atoms with Crippen molar-refractivity contribution in [2.75, 3.05) is 13.1 Å². The monoisotopic (exact) mass is 488 g/mol. The van der Waals surface area contributed by atoms with Gasteiger partial charge in [0.05, 0.1) is 0 Å². The highest BCUT2D eigenvalue weighted by molar-refractivity contribution is 5.80. The van der Waals surface area contributed by atoms with E-state index in [1.165, 1.54) is 4.57 Å². The number of carbonyl (C=O) groups is 2. The van der Waals surface area contributed by atoms with Crippen LogP contribution in [-0.2, 0) is 29.1 Å². The topological polar surface area (TPSA) is 122 Å². The molecule has 0 aromatic carbocycles. The first kappa shape index (κ1) is 26.7.